The number of nitrogens with zero attached hydrogens (tertiary/aromatic N) is 3. The average Bonchev–Trinajstić information content (AvgIpc) is 3.17. The van der Waals surface area contributed by atoms with E-state index in [-0.39, 0.29) is 30.2 Å². The van der Waals surface area contributed by atoms with Crippen molar-refractivity contribution in [2.24, 2.45) is 11.8 Å². The van der Waals surface area contributed by atoms with Crippen LogP contribution in [0.3, 0.4) is 0 Å². The molecule has 0 aliphatic heterocycles. The first-order chi connectivity index (χ1) is 16.1. The summed E-state index contributed by atoms with van der Waals surface area (Å²) in [6.45, 7) is 12.7. The van der Waals surface area contributed by atoms with Gasteiger partial charge in [0.15, 0.2) is 0 Å². The maximum absolute atomic E-state index is 13.1. The highest BCUT2D eigenvalue weighted by molar-refractivity contribution is 5.94. The Morgan fingerprint density at radius 3 is 2.06 bits per heavy atom. The maximum Gasteiger partial charge on any atom is 0.246 e. The van der Waals surface area contributed by atoms with Gasteiger partial charge in [-0.1, -0.05) is 75.2 Å². The molecule has 0 spiro atoms. The van der Waals surface area contributed by atoms with Crippen molar-refractivity contribution in [3.63, 3.8) is 0 Å². The monoisotopic (exact) mass is 460 g/mol. The summed E-state index contributed by atoms with van der Waals surface area (Å²) < 4.78 is 1.88. The molecule has 0 unspecified atom stereocenters. The van der Waals surface area contributed by atoms with E-state index in [1.54, 1.807) is 4.90 Å². The van der Waals surface area contributed by atoms with Gasteiger partial charge in [0.1, 0.15) is 0 Å². The predicted molar refractivity (Wildman–Crippen MR) is 138 cm³/mol. The van der Waals surface area contributed by atoms with Crippen molar-refractivity contribution in [1.29, 1.82) is 0 Å². The van der Waals surface area contributed by atoms with Crippen molar-refractivity contribution in [3.8, 4) is 16.9 Å². The first-order valence-electron chi connectivity index (χ1n) is 11.9. The molecule has 0 saturated heterocycles. The number of hydrogen-bond acceptors (Lipinski definition) is 3. The van der Waals surface area contributed by atoms with Gasteiger partial charge in [0, 0.05) is 30.4 Å². The Hall–Kier alpha value is -3.41. The van der Waals surface area contributed by atoms with Gasteiger partial charge >= 0.3 is 0 Å². The Morgan fingerprint density at radius 2 is 1.50 bits per heavy atom. The molecule has 3 rings (SSSR count). The van der Waals surface area contributed by atoms with Gasteiger partial charge in [0.05, 0.1) is 12.2 Å². The van der Waals surface area contributed by atoms with Gasteiger partial charge < -0.3 is 4.90 Å². The highest BCUT2D eigenvalue weighted by atomic mass is 16.2. The Morgan fingerprint density at radius 1 is 0.912 bits per heavy atom. The van der Waals surface area contributed by atoms with Gasteiger partial charge in [-0.05, 0) is 37.8 Å². The molecule has 6 heteroatoms. The molecule has 0 atom stereocenters. The van der Waals surface area contributed by atoms with Crippen LogP contribution >= 0.6 is 0 Å². The fourth-order valence-electron chi connectivity index (χ4n) is 3.75. The summed E-state index contributed by atoms with van der Waals surface area (Å²) in [5, 5.41) is 2.96. The smallest absolute Gasteiger partial charge is 0.246 e. The van der Waals surface area contributed by atoms with Crippen LogP contribution in [0.15, 0.2) is 54.7 Å². The largest absolute Gasteiger partial charge is 0.333 e. The molecule has 2 aromatic carbocycles. The van der Waals surface area contributed by atoms with Crippen molar-refractivity contribution in [2.45, 2.75) is 48.0 Å². The van der Waals surface area contributed by atoms with Crippen molar-refractivity contribution in [1.82, 2.24) is 14.5 Å². The molecule has 180 valence electrons. The quantitative estimate of drug-likeness (QED) is 0.450. The summed E-state index contributed by atoms with van der Waals surface area (Å²) in [7, 11) is 0. The maximum atomic E-state index is 13.1. The third-order valence-electron chi connectivity index (χ3n) is 5.47. The molecule has 0 bridgehead atoms. The SMILES string of the molecule is Cc1ccc(-c2cn(-c3ccc(C)cc3)c(NC(=O)CN(CC(C)C)C(=O)CC(C)C)n2)cc1. The van der Waals surface area contributed by atoms with E-state index in [9.17, 15) is 9.59 Å². The Balaban J connectivity index is 1.89. The lowest BCUT2D eigenvalue weighted by Crippen LogP contribution is -2.40. The van der Waals surface area contributed by atoms with Crippen molar-refractivity contribution in [2.75, 3.05) is 18.4 Å². The summed E-state index contributed by atoms with van der Waals surface area (Å²) in [6, 6.07) is 16.2. The van der Waals surface area contributed by atoms with E-state index >= 15 is 0 Å². The second-order valence-corrected chi connectivity index (χ2v) is 9.84. The number of benzene rings is 2. The molecule has 0 aliphatic rings. The zero-order valence-electron chi connectivity index (χ0n) is 21.1. The highest BCUT2D eigenvalue weighted by Crippen LogP contribution is 2.25. The van der Waals surface area contributed by atoms with E-state index < -0.39 is 0 Å². The topological polar surface area (TPSA) is 67.2 Å². The average molecular weight is 461 g/mol. The minimum absolute atomic E-state index is 0.000992. The minimum Gasteiger partial charge on any atom is -0.333 e. The van der Waals surface area contributed by atoms with E-state index in [1.807, 2.05) is 101 Å². The number of aryl methyl sites for hydroxylation is 2. The van der Waals surface area contributed by atoms with Crippen LogP contribution in [0.5, 0.6) is 0 Å². The Labute approximate surface area is 203 Å². The van der Waals surface area contributed by atoms with Crippen LogP contribution in [-0.2, 0) is 9.59 Å². The Bertz CT molecular complexity index is 1110. The van der Waals surface area contributed by atoms with E-state index in [0.29, 0.717) is 18.9 Å². The number of aromatic nitrogens is 2. The first kappa shape index (κ1) is 25.2. The lowest BCUT2D eigenvalue weighted by Gasteiger charge is -2.25. The van der Waals surface area contributed by atoms with Gasteiger partial charge in [-0.2, -0.15) is 0 Å². The number of carbonyl (C=O) groups excluding carboxylic acids is 2. The molecule has 34 heavy (non-hydrogen) atoms. The number of anilines is 1. The zero-order valence-corrected chi connectivity index (χ0v) is 21.1. The number of rotatable bonds is 9. The molecule has 0 fully saturated rings. The van der Waals surface area contributed by atoms with Crippen LogP contribution in [0.25, 0.3) is 16.9 Å². The summed E-state index contributed by atoms with van der Waals surface area (Å²) >= 11 is 0. The molecule has 1 N–H and O–H groups in total. The van der Waals surface area contributed by atoms with Crippen LogP contribution < -0.4 is 5.32 Å². The number of amides is 2. The number of hydrogen-bond donors (Lipinski definition) is 1. The molecule has 1 heterocycles. The van der Waals surface area contributed by atoms with Crippen LogP contribution in [0.1, 0.15) is 45.2 Å². The number of carbonyl (C=O) groups is 2. The Kier molecular flexibility index (Phi) is 8.26. The molecule has 2 amide bonds. The lowest BCUT2D eigenvalue weighted by molar-refractivity contribution is -0.135. The molecule has 0 aliphatic carbocycles. The normalized spacial score (nSPS) is 11.2. The molecule has 6 nitrogen and oxygen atoms in total. The van der Waals surface area contributed by atoms with Crippen LogP contribution in [-0.4, -0.2) is 39.4 Å². The minimum atomic E-state index is -0.257. The van der Waals surface area contributed by atoms with Gasteiger partial charge in [-0.3, -0.25) is 19.5 Å². The molecule has 0 radical (unpaired) electrons. The summed E-state index contributed by atoms with van der Waals surface area (Å²) in [6.07, 6.45) is 2.36. The van der Waals surface area contributed by atoms with Crippen molar-refractivity contribution in [3.05, 3.63) is 65.9 Å². The van der Waals surface area contributed by atoms with E-state index in [0.717, 1.165) is 22.5 Å². The van der Waals surface area contributed by atoms with Gasteiger partial charge in [0.2, 0.25) is 17.8 Å². The summed E-state index contributed by atoms with van der Waals surface area (Å²) in [5.41, 5.74) is 4.97. The van der Waals surface area contributed by atoms with Crippen LogP contribution in [0.2, 0.25) is 0 Å². The van der Waals surface area contributed by atoms with Crippen molar-refractivity contribution >= 4 is 17.8 Å². The first-order valence-corrected chi connectivity index (χ1v) is 11.9. The second kappa shape index (κ2) is 11.1. The lowest BCUT2D eigenvalue weighted by atomic mass is 10.1. The standard InChI is InChI=1S/C28H36N4O2/c1-19(2)15-27(34)31(16-20(3)4)18-26(33)30-28-29-25(23-11-7-21(5)8-12-23)17-32(28)24-13-9-22(6)10-14-24/h7-14,17,19-20H,15-16,18H2,1-6H3,(H,29,30,33). The fourth-order valence-corrected chi connectivity index (χ4v) is 3.75. The molecular weight excluding hydrogens is 424 g/mol. The van der Waals surface area contributed by atoms with Crippen molar-refractivity contribution < 1.29 is 9.59 Å². The van der Waals surface area contributed by atoms with Gasteiger partial charge in [-0.25, -0.2) is 4.98 Å². The molecular formula is C28H36N4O2. The number of nitrogens with one attached hydrogen (secondary N) is 1. The third-order valence-corrected chi connectivity index (χ3v) is 5.47. The summed E-state index contributed by atoms with van der Waals surface area (Å²) in [5.74, 6) is 0.688. The predicted octanol–water partition coefficient (Wildman–Crippen LogP) is 5.63. The second-order valence-electron chi connectivity index (χ2n) is 9.84. The van der Waals surface area contributed by atoms with Crippen LogP contribution in [0.4, 0.5) is 5.95 Å². The van der Waals surface area contributed by atoms with Gasteiger partial charge in [-0.15, -0.1) is 0 Å². The zero-order chi connectivity index (χ0) is 24.8. The van der Waals surface area contributed by atoms with E-state index in [1.165, 1.54) is 5.56 Å². The third kappa shape index (κ3) is 6.80. The fraction of sp³-hybridized carbons (Fsp3) is 0.393. The molecule has 3 aromatic rings. The highest BCUT2D eigenvalue weighted by Gasteiger charge is 2.21. The molecule has 1 aromatic heterocycles. The van der Waals surface area contributed by atoms with E-state index in [4.69, 9.17) is 4.98 Å². The summed E-state index contributed by atoms with van der Waals surface area (Å²) in [4.78, 5) is 32.2. The number of imidazole rings is 1. The molecule has 0 saturated carbocycles. The van der Waals surface area contributed by atoms with E-state index in [2.05, 4.69) is 5.32 Å². The van der Waals surface area contributed by atoms with Crippen LogP contribution in [0, 0.1) is 25.7 Å². The van der Waals surface area contributed by atoms with Gasteiger partial charge in [0.25, 0.3) is 0 Å².